The summed E-state index contributed by atoms with van der Waals surface area (Å²) in [5, 5.41) is 13.5. The number of aryl methyl sites for hydroxylation is 1. The SMILES string of the molecule is Cc1ccccc1CCNc1ncc([N+](=O)[O-])cn1. The Morgan fingerprint density at radius 3 is 2.58 bits per heavy atom. The predicted octanol–water partition coefficient (Wildman–Crippen LogP) is 2.35. The van der Waals surface area contributed by atoms with Crippen LogP contribution in [0, 0.1) is 17.0 Å². The van der Waals surface area contributed by atoms with Crippen LogP contribution in [-0.2, 0) is 6.42 Å². The van der Waals surface area contributed by atoms with Crippen molar-refractivity contribution >= 4 is 11.6 Å². The molecule has 0 aliphatic carbocycles. The van der Waals surface area contributed by atoms with E-state index in [4.69, 9.17) is 0 Å². The van der Waals surface area contributed by atoms with E-state index in [2.05, 4.69) is 34.3 Å². The molecule has 19 heavy (non-hydrogen) atoms. The van der Waals surface area contributed by atoms with Crippen molar-refractivity contribution in [2.75, 3.05) is 11.9 Å². The molecule has 2 aromatic rings. The minimum absolute atomic E-state index is 0.107. The average molecular weight is 258 g/mol. The number of hydrogen-bond donors (Lipinski definition) is 1. The maximum Gasteiger partial charge on any atom is 0.305 e. The lowest BCUT2D eigenvalue weighted by Crippen LogP contribution is -2.08. The van der Waals surface area contributed by atoms with Gasteiger partial charge in [-0.25, -0.2) is 9.97 Å². The van der Waals surface area contributed by atoms with E-state index in [0.717, 1.165) is 6.42 Å². The quantitative estimate of drug-likeness (QED) is 0.657. The van der Waals surface area contributed by atoms with Gasteiger partial charge in [0.2, 0.25) is 5.95 Å². The smallest absolute Gasteiger partial charge is 0.305 e. The fourth-order valence-electron chi connectivity index (χ4n) is 1.71. The van der Waals surface area contributed by atoms with Gasteiger partial charge in [0, 0.05) is 6.54 Å². The third-order valence-corrected chi connectivity index (χ3v) is 2.79. The summed E-state index contributed by atoms with van der Waals surface area (Å²) in [6.07, 6.45) is 3.25. The topological polar surface area (TPSA) is 81.0 Å². The van der Waals surface area contributed by atoms with Crippen LogP contribution < -0.4 is 5.32 Å². The van der Waals surface area contributed by atoms with Crippen LogP contribution in [0.2, 0.25) is 0 Å². The van der Waals surface area contributed by atoms with Crippen molar-refractivity contribution in [1.29, 1.82) is 0 Å². The Bertz CT molecular complexity index is 569. The lowest BCUT2D eigenvalue weighted by molar-refractivity contribution is -0.385. The molecular weight excluding hydrogens is 244 g/mol. The highest BCUT2D eigenvalue weighted by Gasteiger charge is 2.06. The van der Waals surface area contributed by atoms with Crippen molar-refractivity contribution in [2.24, 2.45) is 0 Å². The van der Waals surface area contributed by atoms with Crippen LogP contribution >= 0.6 is 0 Å². The number of nitrogens with zero attached hydrogens (tertiary/aromatic N) is 3. The van der Waals surface area contributed by atoms with Crippen molar-refractivity contribution < 1.29 is 4.92 Å². The van der Waals surface area contributed by atoms with Crippen LogP contribution in [0.1, 0.15) is 11.1 Å². The lowest BCUT2D eigenvalue weighted by atomic mass is 10.1. The molecule has 6 heteroatoms. The van der Waals surface area contributed by atoms with Gasteiger partial charge in [-0.1, -0.05) is 24.3 Å². The zero-order chi connectivity index (χ0) is 13.7. The number of benzene rings is 1. The number of nitrogens with one attached hydrogen (secondary N) is 1. The maximum absolute atomic E-state index is 10.5. The maximum atomic E-state index is 10.5. The zero-order valence-electron chi connectivity index (χ0n) is 10.5. The van der Waals surface area contributed by atoms with E-state index in [0.29, 0.717) is 12.5 Å². The molecule has 0 saturated carbocycles. The Kier molecular flexibility index (Phi) is 4.02. The third kappa shape index (κ3) is 3.48. The summed E-state index contributed by atoms with van der Waals surface area (Å²) in [6, 6.07) is 8.15. The van der Waals surface area contributed by atoms with Crippen LogP contribution in [-0.4, -0.2) is 21.4 Å². The first kappa shape index (κ1) is 12.9. The number of hydrogen-bond acceptors (Lipinski definition) is 5. The summed E-state index contributed by atoms with van der Waals surface area (Å²) in [6.45, 7) is 2.75. The molecule has 0 saturated heterocycles. The highest BCUT2D eigenvalue weighted by atomic mass is 16.6. The molecule has 1 aromatic carbocycles. The molecule has 0 bridgehead atoms. The summed E-state index contributed by atoms with van der Waals surface area (Å²) in [7, 11) is 0. The summed E-state index contributed by atoms with van der Waals surface area (Å²) >= 11 is 0. The van der Waals surface area contributed by atoms with Crippen molar-refractivity contribution in [2.45, 2.75) is 13.3 Å². The number of aromatic nitrogens is 2. The Labute approximate surface area is 110 Å². The lowest BCUT2D eigenvalue weighted by Gasteiger charge is -2.06. The summed E-state index contributed by atoms with van der Waals surface area (Å²) in [5.41, 5.74) is 2.40. The monoisotopic (exact) mass is 258 g/mol. The third-order valence-electron chi connectivity index (χ3n) is 2.79. The average Bonchev–Trinajstić information content (AvgIpc) is 2.41. The van der Waals surface area contributed by atoms with Crippen LogP contribution in [0.25, 0.3) is 0 Å². The van der Waals surface area contributed by atoms with Crippen molar-refractivity contribution in [3.63, 3.8) is 0 Å². The molecule has 98 valence electrons. The Hall–Kier alpha value is -2.50. The molecule has 6 nitrogen and oxygen atoms in total. The molecule has 0 atom stereocenters. The normalized spacial score (nSPS) is 10.2. The van der Waals surface area contributed by atoms with E-state index in [9.17, 15) is 10.1 Å². The van der Waals surface area contributed by atoms with E-state index in [-0.39, 0.29) is 5.69 Å². The summed E-state index contributed by atoms with van der Waals surface area (Å²) < 4.78 is 0. The van der Waals surface area contributed by atoms with Gasteiger partial charge in [-0.15, -0.1) is 0 Å². The van der Waals surface area contributed by atoms with Crippen molar-refractivity contribution in [3.05, 3.63) is 57.9 Å². The molecule has 0 amide bonds. The minimum atomic E-state index is -0.517. The fourth-order valence-corrected chi connectivity index (χ4v) is 1.71. The van der Waals surface area contributed by atoms with Crippen LogP contribution in [0.5, 0.6) is 0 Å². The molecule has 0 aliphatic heterocycles. The molecule has 1 aromatic heterocycles. The summed E-state index contributed by atoms with van der Waals surface area (Å²) in [5.74, 6) is 0.402. The molecule has 0 radical (unpaired) electrons. The van der Waals surface area contributed by atoms with Gasteiger partial charge in [0.25, 0.3) is 0 Å². The van der Waals surface area contributed by atoms with Gasteiger partial charge >= 0.3 is 5.69 Å². The van der Waals surface area contributed by atoms with Gasteiger partial charge in [0.05, 0.1) is 4.92 Å². The first-order valence-corrected chi connectivity index (χ1v) is 5.91. The number of anilines is 1. The summed E-state index contributed by atoms with van der Waals surface area (Å²) in [4.78, 5) is 17.7. The second-order valence-corrected chi connectivity index (χ2v) is 4.13. The Balaban J connectivity index is 1.89. The van der Waals surface area contributed by atoms with E-state index >= 15 is 0 Å². The second kappa shape index (κ2) is 5.90. The highest BCUT2D eigenvalue weighted by Crippen LogP contribution is 2.10. The van der Waals surface area contributed by atoms with E-state index in [1.165, 1.54) is 23.5 Å². The van der Waals surface area contributed by atoms with Crippen molar-refractivity contribution in [3.8, 4) is 0 Å². The van der Waals surface area contributed by atoms with E-state index in [1.54, 1.807) is 0 Å². The minimum Gasteiger partial charge on any atom is -0.354 e. The standard InChI is InChI=1S/C13H14N4O2/c1-10-4-2-3-5-11(10)6-7-14-13-15-8-12(9-16-13)17(18)19/h2-5,8-9H,6-7H2,1H3,(H,14,15,16). The zero-order valence-corrected chi connectivity index (χ0v) is 10.5. The van der Waals surface area contributed by atoms with Gasteiger partial charge in [-0.2, -0.15) is 0 Å². The van der Waals surface area contributed by atoms with Gasteiger partial charge in [0.1, 0.15) is 12.4 Å². The molecule has 0 fully saturated rings. The van der Waals surface area contributed by atoms with Gasteiger partial charge in [-0.3, -0.25) is 10.1 Å². The van der Waals surface area contributed by atoms with Crippen LogP contribution in [0.15, 0.2) is 36.7 Å². The van der Waals surface area contributed by atoms with E-state index < -0.39 is 4.92 Å². The van der Waals surface area contributed by atoms with Crippen LogP contribution in [0.3, 0.4) is 0 Å². The molecule has 1 N–H and O–H groups in total. The fraction of sp³-hybridized carbons (Fsp3) is 0.231. The largest absolute Gasteiger partial charge is 0.354 e. The van der Waals surface area contributed by atoms with Gasteiger partial charge < -0.3 is 5.32 Å². The predicted molar refractivity (Wildman–Crippen MR) is 72.1 cm³/mol. The molecule has 0 unspecified atom stereocenters. The molecular formula is C13H14N4O2. The first-order chi connectivity index (χ1) is 9.16. The van der Waals surface area contributed by atoms with Crippen LogP contribution in [0.4, 0.5) is 11.6 Å². The molecule has 0 spiro atoms. The number of rotatable bonds is 5. The van der Waals surface area contributed by atoms with Gasteiger partial charge in [0.15, 0.2) is 0 Å². The Morgan fingerprint density at radius 1 is 1.26 bits per heavy atom. The molecule has 0 aliphatic rings. The molecule has 1 heterocycles. The first-order valence-electron chi connectivity index (χ1n) is 5.91. The highest BCUT2D eigenvalue weighted by molar-refractivity contribution is 5.32. The van der Waals surface area contributed by atoms with Crippen molar-refractivity contribution in [1.82, 2.24) is 9.97 Å². The van der Waals surface area contributed by atoms with Gasteiger partial charge in [-0.05, 0) is 24.5 Å². The molecule has 2 rings (SSSR count). The Morgan fingerprint density at radius 2 is 1.95 bits per heavy atom. The number of nitro groups is 1. The second-order valence-electron chi connectivity index (χ2n) is 4.13. The van der Waals surface area contributed by atoms with E-state index in [1.807, 2.05) is 12.1 Å².